The predicted molar refractivity (Wildman–Crippen MR) is 105 cm³/mol. The number of aromatic amines is 1. The number of amides is 1. The first-order chi connectivity index (χ1) is 13.1. The standard InChI is InChI=1S/C21H18FN3OS/c1-11(18-8-12-6-7-13(22)9-19(12)27-18)23-21(26)15-10-14(15)20-24-16-4-2-3-5-17(16)25-20/h2-9,11,14-15H,10H2,1H3,(H,23,26)(H,24,25)/t11?,14-,15-/m0/s1. The molecule has 1 saturated carbocycles. The third-order valence-corrected chi connectivity index (χ3v) is 6.45. The van der Waals surface area contributed by atoms with Gasteiger partial charge in [0, 0.05) is 21.4 Å². The SMILES string of the molecule is CC(NC(=O)[C@H]1C[C@@H]1c1nc2ccccc2[nH]1)c1cc2ccc(F)cc2s1. The molecule has 136 valence electrons. The molecule has 6 heteroatoms. The Morgan fingerprint density at radius 1 is 1.30 bits per heavy atom. The van der Waals surface area contributed by atoms with Crippen molar-refractivity contribution in [3.63, 3.8) is 0 Å². The molecule has 2 aromatic heterocycles. The van der Waals surface area contributed by atoms with Crippen molar-refractivity contribution in [2.24, 2.45) is 5.92 Å². The molecule has 2 N–H and O–H groups in total. The number of fused-ring (bicyclic) bond motifs is 2. The molecular weight excluding hydrogens is 361 g/mol. The minimum atomic E-state index is -0.237. The quantitative estimate of drug-likeness (QED) is 0.530. The number of nitrogens with one attached hydrogen (secondary N) is 2. The van der Waals surface area contributed by atoms with Crippen LogP contribution in [0, 0.1) is 11.7 Å². The molecule has 1 aliphatic carbocycles. The zero-order chi connectivity index (χ0) is 18.5. The molecule has 1 amide bonds. The molecule has 1 fully saturated rings. The van der Waals surface area contributed by atoms with E-state index in [4.69, 9.17) is 0 Å². The molecule has 3 atom stereocenters. The van der Waals surface area contributed by atoms with Crippen molar-refractivity contribution in [3.8, 4) is 0 Å². The summed E-state index contributed by atoms with van der Waals surface area (Å²) in [6.45, 7) is 1.97. The van der Waals surface area contributed by atoms with Gasteiger partial charge in [0.1, 0.15) is 11.6 Å². The molecule has 0 saturated heterocycles. The lowest BCUT2D eigenvalue weighted by Crippen LogP contribution is -2.28. The van der Waals surface area contributed by atoms with E-state index in [0.29, 0.717) is 0 Å². The van der Waals surface area contributed by atoms with Crippen LogP contribution in [0.15, 0.2) is 48.5 Å². The second-order valence-corrected chi connectivity index (χ2v) is 8.26. The Morgan fingerprint density at radius 3 is 3.00 bits per heavy atom. The van der Waals surface area contributed by atoms with Gasteiger partial charge in [-0.1, -0.05) is 18.2 Å². The Bertz CT molecular complexity index is 1130. The average Bonchev–Trinajstić information content (AvgIpc) is 3.16. The molecule has 0 spiro atoms. The Morgan fingerprint density at radius 2 is 2.15 bits per heavy atom. The summed E-state index contributed by atoms with van der Waals surface area (Å²) in [7, 11) is 0. The molecule has 0 aliphatic heterocycles. The Labute approximate surface area is 159 Å². The first-order valence-electron chi connectivity index (χ1n) is 9.02. The second-order valence-electron chi connectivity index (χ2n) is 7.15. The van der Waals surface area contributed by atoms with E-state index in [1.807, 2.05) is 37.3 Å². The molecule has 2 heterocycles. The van der Waals surface area contributed by atoms with E-state index in [0.717, 1.165) is 38.2 Å². The molecule has 1 aliphatic rings. The van der Waals surface area contributed by atoms with Gasteiger partial charge in [-0.2, -0.15) is 0 Å². The van der Waals surface area contributed by atoms with Gasteiger partial charge >= 0.3 is 0 Å². The highest BCUT2D eigenvalue weighted by Gasteiger charge is 2.46. The van der Waals surface area contributed by atoms with E-state index >= 15 is 0 Å². The van der Waals surface area contributed by atoms with E-state index in [2.05, 4.69) is 15.3 Å². The van der Waals surface area contributed by atoms with Crippen molar-refractivity contribution in [3.05, 3.63) is 65.0 Å². The van der Waals surface area contributed by atoms with Crippen LogP contribution < -0.4 is 5.32 Å². The number of thiophene rings is 1. The van der Waals surface area contributed by atoms with E-state index in [1.54, 1.807) is 6.07 Å². The van der Waals surface area contributed by atoms with E-state index in [1.165, 1.54) is 23.5 Å². The van der Waals surface area contributed by atoms with E-state index < -0.39 is 0 Å². The summed E-state index contributed by atoms with van der Waals surface area (Å²) in [4.78, 5) is 21.6. The van der Waals surface area contributed by atoms with Gasteiger partial charge in [0.05, 0.1) is 17.1 Å². The van der Waals surface area contributed by atoms with E-state index in [-0.39, 0.29) is 29.6 Å². The number of nitrogens with zero attached hydrogens (tertiary/aromatic N) is 1. The molecule has 4 nitrogen and oxygen atoms in total. The number of para-hydroxylation sites is 2. The molecule has 0 radical (unpaired) electrons. The van der Waals surface area contributed by atoms with Gasteiger partial charge in [0.15, 0.2) is 0 Å². The maximum absolute atomic E-state index is 13.4. The number of aromatic nitrogens is 2. The van der Waals surface area contributed by atoms with Crippen molar-refractivity contribution >= 4 is 38.4 Å². The summed E-state index contributed by atoms with van der Waals surface area (Å²) < 4.78 is 14.3. The molecule has 4 aromatic rings. The molecule has 2 aromatic carbocycles. The van der Waals surface area contributed by atoms with Crippen LogP contribution in [0.25, 0.3) is 21.1 Å². The Hall–Kier alpha value is -2.73. The third kappa shape index (κ3) is 3.00. The normalized spacial score (nSPS) is 20.1. The first-order valence-corrected chi connectivity index (χ1v) is 9.84. The average molecular weight is 379 g/mol. The highest BCUT2D eigenvalue weighted by molar-refractivity contribution is 7.19. The number of imidazole rings is 1. The van der Waals surface area contributed by atoms with Gasteiger partial charge in [0.2, 0.25) is 5.91 Å². The summed E-state index contributed by atoms with van der Waals surface area (Å²) >= 11 is 1.52. The first kappa shape index (κ1) is 16.4. The van der Waals surface area contributed by atoms with Gasteiger partial charge in [-0.05, 0) is 49.1 Å². The molecule has 1 unspecified atom stereocenters. The summed E-state index contributed by atoms with van der Waals surface area (Å²) in [5, 5.41) is 4.11. The lowest BCUT2D eigenvalue weighted by molar-refractivity contribution is -0.123. The van der Waals surface area contributed by atoms with Crippen molar-refractivity contribution in [1.29, 1.82) is 0 Å². The second kappa shape index (κ2) is 6.16. The number of hydrogen-bond donors (Lipinski definition) is 2. The van der Waals surface area contributed by atoms with Gasteiger partial charge in [0.25, 0.3) is 0 Å². The number of rotatable bonds is 4. The highest BCUT2D eigenvalue weighted by Crippen LogP contribution is 2.47. The van der Waals surface area contributed by atoms with Gasteiger partial charge in [-0.15, -0.1) is 11.3 Å². The van der Waals surface area contributed by atoms with E-state index in [9.17, 15) is 9.18 Å². The van der Waals surface area contributed by atoms with Crippen LogP contribution in [0.3, 0.4) is 0 Å². The largest absolute Gasteiger partial charge is 0.349 e. The van der Waals surface area contributed by atoms with Crippen molar-refractivity contribution < 1.29 is 9.18 Å². The number of H-pyrrole nitrogens is 1. The monoisotopic (exact) mass is 379 g/mol. The molecule has 0 bridgehead atoms. The number of benzene rings is 2. The number of carbonyl (C=O) groups is 1. The van der Waals surface area contributed by atoms with Crippen LogP contribution in [0.2, 0.25) is 0 Å². The highest BCUT2D eigenvalue weighted by atomic mass is 32.1. The number of halogens is 1. The maximum atomic E-state index is 13.4. The Balaban J connectivity index is 1.28. The van der Waals surface area contributed by atoms with Crippen molar-refractivity contribution in [2.75, 3.05) is 0 Å². The summed E-state index contributed by atoms with van der Waals surface area (Å²) in [6, 6.07) is 14.6. The zero-order valence-corrected chi connectivity index (χ0v) is 15.5. The number of hydrogen-bond acceptors (Lipinski definition) is 3. The topological polar surface area (TPSA) is 57.8 Å². The fourth-order valence-corrected chi connectivity index (χ4v) is 4.66. The van der Waals surface area contributed by atoms with Crippen LogP contribution in [-0.4, -0.2) is 15.9 Å². The minimum Gasteiger partial charge on any atom is -0.349 e. The van der Waals surface area contributed by atoms with Gasteiger partial charge in [-0.3, -0.25) is 4.79 Å². The minimum absolute atomic E-state index is 0.0418. The van der Waals surface area contributed by atoms with Gasteiger partial charge in [-0.25, -0.2) is 9.37 Å². The summed E-state index contributed by atoms with van der Waals surface area (Å²) in [5.41, 5.74) is 1.94. The fourth-order valence-electron chi connectivity index (χ4n) is 3.57. The Kier molecular flexibility index (Phi) is 3.75. The summed E-state index contributed by atoms with van der Waals surface area (Å²) in [5.74, 6) is 0.818. The lowest BCUT2D eigenvalue weighted by atomic mass is 10.2. The predicted octanol–water partition coefficient (Wildman–Crippen LogP) is 4.90. The zero-order valence-electron chi connectivity index (χ0n) is 14.7. The third-order valence-electron chi connectivity index (χ3n) is 5.17. The van der Waals surface area contributed by atoms with Crippen LogP contribution in [0.1, 0.15) is 36.0 Å². The van der Waals surface area contributed by atoms with Crippen LogP contribution in [-0.2, 0) is 4.79 Å². The van der Waals surface area contributed by atoms with Crippen LogP contribution in [0.4, 0.5) is 4.39 Å². The van der Waals surface area contributed by atoms with Crippen LogP contribution in [0.5, 0.6) is 0 Å². The smallest absolute Gasteiger partial charge is 0.224 e. The fraction of sp³-hybridized carbons (Fsp3) is 0.238. The molecular formula is C21H18FN3OS. The van der Waals surface area contributed by atoms with Gasteiger partial charge < -0.3 is 10.3 Å². The lowest BCUT2D eigenvalue weighted by Gasteiger charge is -2.11. The van der Waals surface area contributed by atoms with Crippen LogP contribution >= 0.6 is 11.3 Å². The summed E-state index contributed by atoms with van der Waals surface area (Å²) in [6.07, 6.45) is 0.815. The molecule has 5 rings (SSSR count). The molecule has 27 heavy (non-hydrogen) atoms. The number of carbonyl (C=O) groups excluding carboxylic acids is 1. The van der Waals surface area contributed by atoms with Crippen molar-refractivity contribution in [2.45, 2.75) is 25.3 Å². The maximum Gasteiger partial charge on any atom is 0.224 e. The van der Waals surface area contributed by atoms with Crippen molar-refractivity contribution in [1.82, 2.24) is 15.3 Å².